The first-order chi connectivity index (χ1) is 8.27. The molecule has 1 aromatic rings. The summed E-state index contributed by atoms with van der Waals surface area (Å²) >= 11 is 0. The second-order valence-electron chi connectivity index (χ2n) is 2.39. The molecule has 0 aromatic carbocycles. The topological polar surface area (TPSA) is 161 Å². The number of rotatable bonds is 6. The van der Waals surface area contributed by atoms with Crippen molar-refractivity contribution in [3.05, 3.63) is 28.3 Å². The molecule has 0 aliphatic carbocycles. The van der Waals surface area contributed by atoms with E-state index in [4.69, 9.17) is 9.95 Å². The zero-order valence-electron chi connectivity index (χ0n) is 8.39. The lowest BCUT2D eigenvalue weighted by Gasteiger charge is -1.94. The third-order valence-electron chi connectivity index (χ3n) is 1.37. The van der Waals surface area contributed by atoms with Crippen LogP contribution in [0.1, 0.15) is 16.4 Å². The number of ether oxygens (including phenoxy) is 1. The lowest BCUT2D eigenvalue weighted by atomic mass is 10.5. The maximum absolute atomic E-state index is 11.2. The molecule has 2 N–H and O–H groups in total. The van der Waals surface area contributed by atoms with Gasteiger partial charge in [0.05, 0.1) is 0 Å². The predicted octanol–water partition coefficient (Wildman–Crippen LogP) is 0.857. The van der Waals surface area contributed by atoms with Crippen LogP contribution in [0.15, 0.2) is 26.3 Å². The predicted molar refractivity (Wildman–Crippen MR) is 49.8 cm³/mol. The maximum Gasteiger partial charge on any atom is 0.360 e. The van der Waals surface area contributed by atoms with Gasteiger partial charge in [-0.1, -0.05) is 5.11 Å². The number of oxazole rings is 1. The van der Waals surface area contributed by atoms with Crippen molar-refractivity contribution in [1.82, 2.24) is 4.98 Å². The van der Waals surface area contributed by atoms with Gasteiger partial charge >= 0.3 is 5.97 Å². The molecule has 0 aliphatic heterocycles. The van der Waals surface area contributed by atoms with E-state index in [1.54, 1.807) is 0 Å². The van der Waals surface area contributed by atoms with Crippen molar-refractivity contribution in [2.75, 3.05) is 6.73 Å². The van der Waals surface area contributed by atoms with Crippen LogP contribution in [0.3, 0.4) is 0 Å². The van der Waals surface area contributed by atoms with Crippen LogP contribution in [0.4, 0.5) is 0 Å². The summed E-state index contributed by atoms with van der Waals surface area (Å²) in [5, 5.41) is 8.87. The molecule has 90 valence electrons. The van der Waals surface area contributed by atoms with Crippen LogP contribution < -0.4 is 5.84 Å². The first-order valence-electron chi connectivity index (χ1n) is 4.12. The van der Waals surface area contributed by atoms with E-state index in [0.717, 1.165) is 6.26 Å². The van der Waals surface area contributed by atoms with Crippen LogP contribution in [0.5, 0.6) is 0 Å². The first-order valence-corrected chi connectivity index (χ1v) is 4.12. The Bertz CT molecular complexity index is 449. The zero-order chi connectivity index (χ0) is 12.5. The molecule has 0 saturated heterocycles. The molecule has 0 bridgehead atoms. The van der Waals surface area contributed by atoms with Gasteiger partial charge in [0.1, 0.15) is 6.26 Å². The summed E-state index contributed by atoms with van der Waals surface area (Å²) in [6, 6.07) is 0. The van der Waals surface area contributed by atoms with Crippen molar-refractivity contribution in [2.45, 2.75) is 6.61 Å². The smallest absolute Gasteiger partial charge is 0.360 e. The Kier molecular flexibility index (Phi) is 4.78. The summed E-state index contributed by atoms with van der Waals surface area (Å²) in [4.78, 5) is 21.9. The quantitative estimate of drug-likeness (QED) is 0.194. The van der Waals surface area contributed by atoms with Crippen molar-refractivity contribution < 1.29 is 18.8 Å². The molecule has 0 spiro atoms. The highest BCUT2D eigenvalue weighted by Gasteiger charge is 2.13. The Labute approximate surface area is 93.8 Å². The van der Waals surface area contributed by atoms with E-state index in [2.05, 4.69) is 40.9 Å². The fraction of sp³-hybridized carbons (Fsp3) is 0.333. The Hall–Kier alpha value is -2.81. The number of carbonyl (C=O) groups excluding carboxylic acids is 1. The molecule has 0 atom stereocenters. The molecule has 1 aromatic heterocycles. The van der Waals surface area contributed by atoms with Crippen LogP contribution in [-0.2, 0) is 16.2 Å². The Morgan fingerprint density at radius 1 is 1.71 bits per heavy atom. The fourth-order valence-electron chi connectivity index (χ4n) is 0.776. The second-order valence-corrected chi connectivity index (χ2v) is 2.39. The van der Waals surface area contributed by atoms with Crippen LogP contribution >= 0.6 is 0 Å². The Morgan fingerprint density at radius 3 is 3.24 bits per heavy atom. The van der Waals surface area contributed by atoms with Gasteiger partial charge in [-0.05, 0) is 10.8 Å². The van der Waals surface area contributed by atoms with Crippen LogP contribution in [-0.4, -0.2) is 17.7 Å². The van der Waals surface area contributed by atoms with Gasteiger partial charge in [0.2, 0.25) is 5.89 Å². The lowest BCUT2D eigenvalue weighted by molar-refractivity contribution is 0.0508. The minimum Gasteiger partial charge on any atom is -0.455 e. The van der Waals surface area contributed by atoms with E-state index in [1.165, 1.54) is 0 Å². The monoisotopic (exact) mass is 241 g/mol. The number of nitrogens with zero attached hydrogens (tertiary/aromatic N) is 6. The number of esters is 1. The SMILES string of the molecule is [N-]=[N+]=NCOC(=O)c1coc(CON=NN)n1. The average Bonchev–Trinajstić information content (AvgIpc) is 2.78. The number of nitrogens with two attached hydrogens (primary N) is 1. The molecule has 1 rings (SSSR count). The van der Waals surface area contributed by atoms with Crippen molar-refractivity contribution in [2.24, 2.45) is 21.5 Å². The highest BCUT2D eigenvalue weighted by atomic mass is 16.6. The van der Waals surface area contributed by atoms with Crippen molar-refractivity contribution in [3.63, 3.8) is 0 Å². The first kappa shape index (κ1) is 12.3. The molecule has 17 heavy (non-hydrogen) atoms. The molecule has 0 amide bonds. The number of carbonyl (C=O) groups is 1. The number of aromatic nitrogens is 1. The van der Waals surface area contributed by atoms with Gasteiger partial charge < -0.3 is 19.8 Å². The molecule has 11 heteroatoms. The molecule has 0 fully saturated rings. The Balaban J connectivity index is 2.48. The van der Waals surface area contributed by atoms with E-state index < -0.39 is 12.7 Å². The largest absolute Gasteiger partial charge is 0.455 e. The van der Waals surface area contributed by atoms with E-state index in [-0.39, 0.29) is 18.2 Å². The van der Waals surface area contributed by atoms with Gasteiger partial charge in [0.25, 0.3) is 0 Å². The number of azide groups is 1. The molecule has 0 saturated carbocycles. The summed E-state index contributed by atoms with van der Waals surface area (Å²) in [7, 11) is 0. The van der Waals surface area contributed by atoms with E-state index in [0.29, 0.717) is 0 Å². The van der Waals surface area contributed by atoms with Gasteiger partial charge in [-0.25, -0.2) is 9.78 Å². The van der Waals surface area contributed by atoms with Gasteiger partial charge in [0, 0.05) is 10.2 Å². The van der Waals surface area contributed by atoms with Gasteiger partial charge in [-0.2, -0.15) is 0 Å². The summed E-state index contributed by atoms with van der Waals surface area (Å²) in [6.45, 7) is -0.556. The minimum atomic E-state index is -0.784. The maximum atomic E-state index is 11.2. The van der Waals surface area contributed by atoms with Crippen molar-refractivity contribution >= 4 is 5.97 Å². The second kappa shape index (κ2) is 6.63. The minimum absolute atomic E-state index is 0.0820. The van der Waals surface area contributed by atoms with E-state index in [9.17, 15) is 4.79 Å². The normalized spacial score (nSPS) is 9.88. The Morgan fingerprint density at radius 2 is 2.53 bits per heavy atom. The highest BCUT2D eigenvalue weighted by Crippen LogP contribution is 2.05. The molecule has 11 nitrogen and oxygen atoms in total. The van der Waals surface area contributed by atoms with Crippen molar-refractivity contribution in [3.8, 4) is 0 Å². The summed E-state index contributed by atoms with van der Waals surface area (Å²) in [5.74, 6) is 3.99. The highest BCUT2D eigenvalue weighted by molar-refractivity contribution is 5.86. The summed E-state index contributed by atoms with van der Waals surface area (Å²) in [5.41, 5.74) is 7.88. The van der Waals surface area contributed by atoms with Crippen LogP contribution in [0, 0.1) is 0 Å². The average molecular weight is 241 g/mol. The van der Waals surface area contributed by atoms with Crippen LogP contribution in [0.25, 0.3) is 10.4 Å². The molecule has 0 radical (unpaired) electrons. The fourth-order valence-corrected chi connectivity index (χ4v) is 0.776. The molecular weight excluding hydrogens is 234 g/mol. The van der Waals surface area contributed by atoms with Crippen LogP contribution in [0.2, 0.25) is 0 Å². The standard InChI is InChI=1S/C6H7N7O4/c7-11-9-3-16-6(14)4-1-15-5(10-4)2-17-13-12-8/h1H,2-3H2,(H2,8,13). The molecular formula is C6H7N7O4. The third kappa shape index (κ3) is 4.05. The number of hydrogen-bond acceptors (Lipinski definition) is 8. The molecule has 0 unspecified atom stereocenters. The van der Waals surface area contributed by atoms with Crippen molar-refractivity contribution in [1.29, 1.82) is 0 Å². The molecule has 1 heterocycles. The third-order valence-corrected chi connectivity index (χ3v) is 1.37. The lowest BCUT2D eigenvalue weighted by Crippen LogP contribution is -2.05. The van der Waals surface area contributed by atoms with E-state index in [1.807, 2.05) is 0 Å². The van der Waals surface area contributed by atoms with Gasteiger partial charge in [-0.15, -0.1) is 0 Å². The molecule has 0 aliphatic rings. The number of hydrogen-bond donors (Lipinski definition) is 1. The van der Waals surface area contributed by atoms with Gasteiger partial charge in [-0.3, -0.25) is 0 Å². The summed E-state index contributed by atoms with van der Waals surface area (Å²) in [6.07, 6.45) is 1.07. The van der Waals surface area contributed by atoms with Gasteiger partial charge in [0.15, 0.2) is 19.0 Å². The van der Waals surface area contributed by atoms with E-state index >= 15 is 0 Å². The zero-order valence-corrected chi connectivity index (χ0v) is 8.39. The summed E-state index contributed by atoms with van der Waals surface area (Å²) < 4.78 is 9.38.